The van der Waals surface area contributed by atoms with Crippen LogP contribution in [0.25, 0.3) is 22.3 Å². The van der Waals surface area contributed by atoms with E-state index in [4.69, 9.17) is 4.74 Å². The van der Waals surface area contributed by atoms with E-state index in [1.165, 1.54) is 6.42 Å². The number of rotatable bonds is 11. The van der Waals surface area contributed by atoms with Gasteiger partial charge in [-0.25, -0.2) is 13.2 Å². The molecule has 37 heavy (non-hydrogen) atoms. The van der Waals surface area contributed by atoms with E-state index in [1.54, 1.807) is 42.5 Å². The van der Waals surface area contributed by atoms with E-state index in [-0.39, 0.29) is 17.3 Å². The summed E-state index contributed by atoms with van der Waals surface area (Å²) in [5, 5.41) is 0. The molecule has 0 spiro atoms. The van der Waals surface area contributed by atoms with Gasteiger partial charge in [0.2, 0.25) is 0 Å². The maximum Gasteiger partial charge on any atom is 0.166 e. The molecule has 1 saturated heterocycles. The molecule has 3 aromatic rings. The summed E-state index contributed by atoms with van der Waals surface area (Å²) < 4.78 is 50.7. The van der Waals surface area contributed by atoms with Crippen LogP contribution in [0.5, 0.6) is 0 Å². The van der Waals surface area contributed by atoms with Crippen molar-refractivity contribution < 1.29 is 17.9 Å². The number of unbranched alkanes of at least 4 members (excludes halogenated alkanes) is 4. The zero-order valence-corrected chi connectivity index (χ0v) is 22.2. The Morgan fingerprint density at radius 3 is 2.08 bits per heavy atom. The van der Waals surface area contributed by atoms with Gasteiger partial charge in [0, 0.05) is 17.0 Å². The Bertz CT molecular complexity index is 1150. The summed E-state index contributed by atoms with van der Waals surface area (Å²) in [7, 11) is 0. The molecule has 1 fully saturated rings. The van der Waals surface area contributed by atoms with Crippen molar-refractivity contribution in [3.8, 4) is 22.3 Å². The van der Waals surface area contributed by atoms with Gasteiger partial charge < -0.3 is 4.74 Å². The Balaban J connectivity index is 1.43. The van der Waals surface area contributed by atoms with Gasteiger partial charge in [0.1, 0.15) is 5.82 Å². The minimum absolute atomic E-state index is 0.219. The van der Waals surface area contributed by atoms with Crippen LogP contribution in [0.3, 0.4) is 0 Å². The highest BCUT2D eigenvalue weighted by atomic mass is 19.2. The average molecular weight is 509 g/mol. The van der Waals surface area contributed by atoms with E-state index in [0.717, 1.165) is 56.9 Å². The first-order chi connectivity index (χ1) is 18.0. The molecule has 1 heterocycles. The van der Waals surface area contributed by atoms with Crippen molar-refractivity contribution in [1.29, 1.82) is 0 Å². The maximum atomic E-state index is 15.1. The van der Waals surface area contributed by atoms with Gasteiger partial charge in [0.15, 0.2) is 11.6 Å². The third-order valence-corrected chi connectivity index (χ3v) is 7.66. The van der Waals surface area contributed by atoms with Crippen molar-refractivity contribution in [1.82, 2.24) is 0 Å². The summed E-state index contributed by atoms with van der Waals surface area (Å²) in [6.45, 7) is 4.96. The number of hydrogen-bond acceptors (Lipinski definition) is 1. The second-order valence-corrected chi connectivity index (χ2v) is 10.4. The van der Waals surface area contributed by atoms with Crippen LogP contribution in [-0.4, -0.2) is 12.7 Å². The van der Waals surface area contributed by atoms with Crippen LogP contribution in [0.2, 0.25) is 0 Å². The normalized spacial score (nSPS) is 17.8. The van der Waals surface area contributed by atoms with E-state index in [0.29, 0.717) is 41.4 Å². The molecule has 3 aromatic carbocycles. The summed E-state index contributed by atoms with van der Waals surface area (Å²) in [6.07, 6.45) is 10.5. The van der Waals surface area contributed by atoms with Gasteiger partial charge in [-0.3, -0.25) is 0 Å². The van der Waals surface area contributed by atoms with Crippen molar-refractivity contribution in [2.24, 2.45) is 0 Å². The van der Waals surface area contributed by atoms with Crippen LogP contribution in [-0.2, 0) is 11.2 Å². The Labute approximate surface area is 220 Å². The number of benzene rings is 3. The molecule has 0 N–H and O–H groups in total. The zero-order valence-electron chi connectivity index (χ0n) is 22.2. The zero-order chi connectivity index (χ0) is 26.2. The monoisotopic (exact) mass is 508 g/mol. The summed E-state index contributed by atoms with van der Waals surface area (Å²) in [5.74, 6) is -1.63. The molecular formula is C33H39F3O. The second-order valence-electron chi connectivity index (χ2n) is 10.4. The number of aryl methyl sites for hydroxylation is 1. The quantitative estimate of drug-likeness (QED) is 0.234. The molecule has 1 aliphatic heterocycles. The highest BCUT2D eigenvalue weighted by Crippen LogP contribution is 2.34. The molecular weight excluding hydrogens is 469 g/mol. The fourth-order valence-electron chi connectivity index (χ4n) is 5.39. The molecule has 4 heteroatoms. The standard InChI is InChI=1S/C33H39F3O/c1-3-5-6-7-8-10-25-16-20-30(33(36)32(25)35)24-13-11-23(12-14-24)29-19-17-26(21-31(29)34)27-15-18-28(9-4-2)37-22-27/h11-14,16-17,19-21,27-28H,3-10,15,18,22H2,1-2H3. The molecule has 0 saturated carbocycles. The lowest BCUT2D eigenvalue weighted by atomic mass is 9.89. The van der Waals surface area contributed by atoms with Crippen LogP contribution in [0.15, 0.2) is 54.6 Å². The van der Waals surface area contributed by atoms with Crippen LogP contribution in [0.1, 0.15) is 88.7 Å². The Morgan fingerprint density at radius 2 is 1.43 bits per heavy atom. The number of halogens is 3. The molecule has 198 valence electrons. The first-order valence-corrected chi connectivity index (χ1v) is 14.0. The topological polar surface area (TPSA) is 9.23 Å². The lowest BCUT2D eigenvalue weighted by Crippen LogP contribution is -2.24. The van der Waals surface area contributed by atoms with E-state index >= 15 is 4.39 Å². The van der Waals surface area contributed by atoms with E-state index in [1.807, 2.05) is 12.1 Å². The molecule has 4 rings (SSSR count). The number of ether oxygens (including phenoxy) is 1. The fraction of sp³-hybridized carbons (Fsp3) is 0.455. The largest absolute Gasteiger partial charge is 0.378 e. The third-order valence-electron chi connectivity index (χ3n) is 7.66. The summed E-state index contributed by atoms with van der Waals surface area (Å²) in [6, 6.07) is 15.8. The van der Waals surface area contributed by atoms with Crippen LogP contribution in [0, 0.1) is 17.5 Å². The highest BCUT2D eigenvalue weighted by Gasteiger charge is 2.23. The van der Waals surface area contributed by atoms with E-state index in [9.17, 15) is 8.78 Å². The van der Waals surface area contributed by atoms with Gasteiger partial charge in [0.25, 0.3) is 0 Å². The van der Waals surface area contributed by atoms with Gasteiger partial charge in [-0.1, -0.05) is 94.5 Å². The second kappa shape index (κ2) is 13.3. The van der Waals surface area contributed by atoms with E-state index in [2.05, 4.69) is 13.8 Å². The summed E-state index contributed by atoms with van der Waals surface area (Å²) >= 11 is 0. The SMILES string of the molecule is CCCCCCCc1ccc(-c2ccc(-c3ccc(C4CCC(CCC)OC4)cc3F)cc2)c(F)c1F. The molecule has 0 aliphatic carbocycles. The lowest BCUT2D eigenvalue weighted by molar-refractivity contribution is -0.00115. The Kier molecular flexibility index (Phi) is 9.85. The molecule has 2 atom stereocenters. The molecule has 0 aromatic heterocycles. The fourth-order valence-corrected chi connectivity index (χ4v) is 5.39. The third kappa shape index (κ3) is 6.84. The van der Waals surface area contributed by atoms with Gasteiger partial charge in [-0.15, -0.1) is 0 Å². The van der Waals surface area contributed by atoms with Gasteiger partial charge in [-0.05, 0) is 60.4 Å². The van der Waals surface area contributed by atoms with E-state index < -0.39 is 11.6 Å². The molecule has 0 radical (unpaired) electrons. The first-order valence-electron chi connectivity index (χ1n) is 14.0. The van der Waals surface area contributed by atoms with Crippen molar-refractivity contribution in [2.45, 2.75) is 90.1 Å². The predicted molar refractivity (Wildman–Crippen MR) is 146 cm³/mol. The van der Waals surface area contributed by atoms with Crippen molar-refractivity contribution in [3.05, 3.63) is 83.2 Å². The Morgan fingerprint density at radius 1 is 0.730 bits per heavy atom. The van der Waals surface area contributed by atoms with Gasteiger partial charge >= 0.3 is 0 Å². The first kappa shape index (κ1) is 27.4. The van der Waals surface area contributed by atoms with Gasteiger partial charge in [0.05, 0.1) is 12.7 Å². The maximum absolute atomic E-state index is 15.1. The van der Waals surface area contributed by atoms with Crippen molar-refractivity contribution in [2.75, 3.05) is 6.61 Å². The molecule has 1 aliphatic rings. The lowest BCUT2D eigenvalue weighted by Gasteiger charge is -2.29. The average Bonchev–Trinajstić information content (AvgIpc) is 2.92. The van der Waals surface area contributed by atoms with Crippen LogP contribution in [0.4, 0.5) is 13.2 Å². The minimum atomic E-state index is -0.815. The van der Waals surface area contributed by atoms with Crippen molar-refractivity contribution in [3.63, 3.8) is 0 Å². The van der Waals surface area contributed by atoms with Crippen LogP contribution < -0.4 is 0 Å². The minimum Gasteiger partial charge on any atom is -0.378 e. The molecule has 0 amide bonds. The molecule has 2 unspecified atom stereocenters. The smallest absolute Gasteiger partial charge is 0.166 e. The molecule has 1 nitrogen and oxygen atoms in total. The predicted octanol–water partition coefficient (Wildman–Crippen LogP) is 10.0. The summed E-state index contributed by atoms with van der Waals surface area (Å²) in [4.78, 5) is 0. The summed E-state index contributed by atoms with van der Waals surface area (Å²) in [5.41, 5.74) is 3.42. The van der Waals surface area contributed by atoms with Crippen LogP contribution >= 0.6 is 0 Å². The Hall–Kier alpha value is -2.59. The molecule has 0 bridgehead atoms. The van der Waals surface area contributed by atoms with Gasteiger partial charge in [-0.2, -0.15) is 0 Å². The number of hydrogen-bond donors (Lipinski definition) is 0. The highest BCUT2D eigenvalue weighted by molar-refractivity contribution is 5.71. The van der Waals surface area contributed by atoms with Crippen molar-refractivity contribution >= 4 is 0 Å².